The molecule has 1 saturated heterocycles. The Morgan fingerprint density at radius 2 is 1.93 bits per heavy atom. The molecule has 0 aliphatic carbocycles. The van der Waals surface area contributed by atoms with Gasteiger partial charge in [0.25, 0.3) is 0 Å². The lowest BCUT2D eigenvalue weighted by molar-refractivity contribution is -0.132. The molecule has 0 spiro atoms. The molecule has 3 rings (SSSR count). The Bertz CT molecular complexity index is 885. The quantitative estimate of drug-likeness (QED) is 0.752. The first-order chi connectivity index (χ1) is 12.9. The number of carbonyl (C=O) groups is 1. The summed E-state index contributed by atoms with van der Waals surface area (Å²) in [6.45, 7) is 3.14. The monoisotopic (exact) mass is 392 g/mol. The topological polar surface area (TPSA) is 80.1 Å². The van der Waals surface area contributed by atoms with Crippen LogP contribution in [0.5, 0.6) is 5.75 Å². The van der Waals surface area contributed by atoms with E-state index < -0.39 is 10.0 Å². The fourth-order valence-corrected chi connectivity index (χ4v) is 4.81. The van der Waals surface area contributed by atoms with E-state index in [-0.39, 0.29) is 23.9 Å². The van der Waals surface area contributed by atoms with Gasteiger partial charge in [0.1, 0.15) is 16.4 Å². The molecule has 2 aromatic rings. The number of nitrogens with zero attached hydrogens (tertiary/aromatic N) is 2. The van der Waals surface area contributed by atoms with Crippen molar-refractivity contribution >= 4 is 15.9 Å². The summed E-state index contributed by atoms with van der Waals surface area (Å²) in [7, 11) is -2.21. The Kier molecular flexibility index (Phi) is 5.86. The van der Waals surface area contributed by atoms with Gasteiger partial charge >= 0.3 is 0 Å². The van der Waals surface area contributed by atoms with Gasteiger partial charge in [0.15, 0.2) is 0 Å². The minimum Gasteiger partial charge on any atom is -0.495 e. The van der Waals surface area contributed by atoms with Crippen molar-refractivity contribution in [2.45, 2.75) is 24.7 Å². The number of rotatable bonds is 6. The summed E-state index contributed by atoms with van der Waals surface area (Å²) >= 11 is 0. The number of piperazine rings is 1. The number of hydrogen-bond donors (Lipinski definition) is 0. The standard InChI is InChI=1S/C19H24N2O5S/c1-15-5-7-17(25-2)18(14-15)27(23,24)21-11-9-20(10-12-21)19(22)8-6-16-4-3-13-26-16/h3-5,7,13-14H,6,8-12H2,1-2H3. The number of furan rings is 1. The molecule has 1 aromatic carbocycles. The van der Waals surface area contributed by atoms with E-state index in [4.69, 9.17) is 9.15 Å². The molecule has 0 saturated carbocycles. The van der Waals surface area contributed by atoms with Gasteiger partial charge in [-0.05, 0) is 36.8 Å². The molecule has 1 amide bonds. The minimum atomic E-state index is -3.67. The lowest BCUT2D eigenvalue weighted by atomic mass is 10.2. The summed E-state index contributed by atoms with van der Waals surface area (Å²) < 4.78 is 37.9. The number of sulfonamides is 1. The zero-order valence-electron chi connectivity index (χ0n) is 15.6. The summed E-state index contributed by atoms with van der Waals surface area (Å²) in [5, 5.41) is 0. The van der Waals surface area contributed by atoms with Gasteiger partial charge in [-0.15, -0.1) is 0 Å². The lowest BCUT2D eigenvalue weighted by Gasteiger charge is -2.34. The van der Waals surface area contributed by atoms with E-state index in [1.165, 1.54) is 11.4 Å². The average molecular weight is 392 g/mol. The maximum absolute atomic E-state index is 13.0. The van der Waals surface area contributed by atoms with E-state index in [1.807, 2.05) is 19.1 Å². The molecule has 0 N–H and O–H groups in total. The van der Waals surface area contributed by atoms with Crippen LogP contribution < -0.4 is 4.74 Å². The first kappa shape index (κ1) is 19.4. The van der Waals surface area contributed by atoms with E-state index in [0.29, 0.717) is 31.7 Å². The Labute approximate surface area is 159 Å². The molecule has 146 valence electrons. The van der Waals surface area contributed by atoms with Crippen molar-refractivity contribution in [3.8, 4) is 5.75 Å². The molecule has 0 unspecified atom stereocenters. The molecular formula is C19H24N2O5S. The summed E-state index contributed by atoms with van der Waals surface area (Å²) in [5.41, 5.74) is 0.848. The Balaban J connectivity index is 1.63. The predicted molar refractivity (Wildman–Crippen MR) is 100 cm³/mol. The van der Waals surface area contributed by atoms with E-state index in [1.54, 1.807) is 29.4 Å². The zero-order valence-corrected chi connectivity index (χ0v) is 16.4. The Hall–Kier alpha value is -2.32. The number of benzene rings is 1. The molecule has 2 heterocycles. The molecule has 8 heteroatoms. The summed E-state index contributed by atoms with van der Waals surface area (Å²) in [5.74, 6) is 1.12. The fourth-order valence-electron chi connectivity index (χ4n) is 3.15. The van der Waals surface area contributed by atoms with Crippen LogP contribution in [0.3, 0.4) is 0 Å². The number of hydrogen-bond acceptors (Lipinski definition) is 5. The molecule has 0 atom stereocenters. The molecule has 7 nitrogen and oxygen atoms in total. The van der Waals surface area contributed by atoms with E-state index in [0.717, 1.165) is 11.3 Å². The maximum atomic E-state index is 13.0. The third kappa shape index (κ3) is 4.33. The number of methoxy groups -OCH3 is 1. The van der Waals surface area contributed by atoms with Crippen LogP contribution in [0, 0.1) is 6.92 Å². The van der Waals surface area contributed by atoms with Gasteiger partial charge in [-0.2, -0.15) is 4.31 Å². The first-order valence-electron chi connectivity index (χ1n) is 8.87. The van der Waals surface area contributed by atoms with Gasteiger partial charge < -0.3 is 14.1 Å². The van der Waals surface area contributed by atoms with Crippen molar-refractivity contribution in [1.82, 2.24) is 9.21 Å². The van der Waals surface area contributed by atoms with Crippen molar-refractivity contribution in [1.29, 1.82) is 0 Å². The van der Waals surface area contributed by atoms with Crippen LogP contribution in [0.15, 0.2) is 45.9 Å². The minimum absolute atomic E-state index is 0.0107. The van der Waals surface area contributed by atoms with Crippen LogP contribution in [-0.4, -0.2) is 56.8 Å². The van der Waals surface area contributed by atoms with Gasteiger partial charge in [0.2, 0.25) is 15.9 Å². The van der Waals surface area contributed by atoms with Gasteiger partial charge in [-0.25, -0.2) is 8.42 Å². The van der Waals surface area contributed by atoms with Gasteiger partial charge in [0, 0.05) is 39.0 Å². The number of amides is 1. The average Bonchev–Trinajstić information content (AvgIpc) is 3.20. The third-order valence-electron chi connectivity index (χ3n) is 4.69. The van der Waals surface area contributed by atoms with Crippen molar-refractivity contribution in [2.24, 2.45) is 0 Å². The van der Waals surface area contributed by atoms with Gasteiger partial charge in [0.05, 0.1) is 13.4 Å². The van der Waals surface area contributed by atoms with Crippen LogP contribution in [0.4, 0.5) is 0 Å². The second-order valence-electron chi connectivity index (χ2n) is 6.52. The van der Waals surface area contributed by atoms with Crippen molar-refractivity contribution in [3.05, 3.63) is 47.9 Å². The molecule has 1 fully saturated rings. The van der Waals surface area contributed by atoms with Gasteiger partial charge in [-0.1, -0.05) is 6.07 Å². The summed E-state index contributed by atoms with van der Waals surface area (Å²) in [4.78, 5) is 14.2. The first-order valence-corrected chi connectivity index (χ1v) is 10.3. The second kappa shape index (κ2) is 8.14. The smallest absolute Gasteiger partial charge is 0.246 e. The highest BCUT2D eigenvalue weighted by Crippen LogP contribution is 2.28. The predicted octanol–water partition coefficient (Wildman–Crippen LogP) is 2.06. The number of carbonyl (C=O) groups excluding carboxylic acids is 1. The van der Waals surface area contributed by atoms with Crippen LogP contribution in [0.2, 0.25) is 0 Å². The largest absolute Gasteiger partial charge is 0.495 e. The zero-order chi connectivity index (χ0) is 19.4. The highest BCUT2D eigenvalue weighted by atomic mass is 32.2. The molecule has 0 bridgehead atoms. The molecular weight excluding hydrogens is 368 g/mol. The van der Waals surface area contributed by atoms with Crippen LogP contribution in [0.25, 0.3) is 0 Å². The highest BCUT2D eigenvalue weighted by molar-refractivity contribution is 7.89. The lowest BCUT2D eigenvalue weighted by Crippen LogP contribution is -2.50. The Morgan fingerprint density at radius 3 is 2.56 bits per heavy atom. The molecule has 27 heavy (non-hydrogen) atoms. The van der Waals surface area contributed by atoms with Crippen LogP contribution in [0.1, 0.15) is 17.7 Å². The van der Waals surface area contributed by atoms with Crippen molar-refractivity contribution in [3.63, 3.8) is 0 Å². The highest BCUT2D eigenvalue weighted by Gasteiger charge is 2.32. The van der Waals surface area contributed by atoms with E-state index >= 15 is 0 Å². The summed E-state index contributed by atoms with van der Waals surface area (Å²) in [6, 6.07) is 8.73. The SMILES string of the molecule is COc1ccc(C)cc1S(=O)(=O)N1CCN(C(=O)CCc2ccco2)CC1. The molecule has 1 aliphatic heterocycles. The maximum Gasteiger partial charge on any atom is 0.246 e. The van der Waals surface area contributed by atoms with Crippen molar-refractivity contribution < 1.29 is 22.4 Å². The third-order valence-corrected chi connectivity index (χ3v) is 6.61. The van der Waals surface area contributed by atoms with Crippen LogP contribution >= 0.6 is 0 Å². The Morgan fingerprint density at radius 1 is 1.19 bits per heavy atom. The van der Waals surface area contributed by atoms with Crippen molar-refractivity contribution in [2.75, 3.05) is 33.3 Å². The van der Waals surface area contributed by atoms with E-state index in [2.05, 4.69) is 0 Å². The molecule has 1 aliphatic rings. The normalized spacial score (nSPS) is 15.7. The molecule has 0 radical (unpaired) electrons. The van der Waals surface area contributed by atoms with E-state index in [9.17, 15) is 13.2 Å². The second-order valence-corrected chi connectivity index (χ2v) is 8.42. The molecule has 1 aromatic heterocycles. The van der Waals surface area contributed by atoms with Gasteiger partial charge in [-0.3, -0.25) is 4.79 Å². The number of aryl methyl sites for hydroxylation is 2. The number of ether oxygens (including phenoxy) is 1. The van der Waals surface area contributed by atoms with Crippen LogP contribution in [-0.2, 0) is 21.2 Å². The summed E-state index contributed by atoms with van der Waals surface area (Å²) in [6.07, 6.45) is 2.49. The fraction of sp³-hybridized carbons (Fsp3) is 0.421.